The van der Waals surface area contributed by atoms with Crippen molar-refractivity contribution in [2.45, 2.75) is 26.2 Å². The summed E-state index contributed by atoms with van der Waals surface area (Å²) < 4.78 is 0. The van der Waals surface area contributed by atoms with Crippen LogP contribution in [0.1, 0.15) is 31.6 Å². The van der Waals surface area contributed by atoms with Crippen molar-refractivity contribution in [3.63, 3.8) is 0 Å². The van der Waals surface area contributed by atoms with E-state index < -0.39 is 0 Å². The lowest BCUT2D eigenvalue weighted by molar-refractivity contribution is 0.0992. The minimum absolute atomic E-state index is 0.0732. The van der Waals surface area contributed by atoms with E-state index >= 15 is 0 Å². The van der Waals surface area contributed by atoms with Gasteiger partial charge in [0, 0.05) is 30.5 Å². The highest BCUT2D eigenvalue weighted by atomic mass is 32.1. The largest absolute Gasteiger partial charge is 0.307 e. The summed E-state index contributed by atoms with van der Waals surface area (Å²) in [5.41, 5.74) is 4.16. The summed E-state index contributed by atoms with van der Waals surface area (Å²) in [6.07, 6.45) is 4.38. The SMILES string of the molecule is Cc1nc(CCc2ccccn2)sc1C(=O)N1CCc2ccccc21. The molecule has 0 N–H and O–H groups in total. The Morgan fingerprint density at radius 2 is 2.00 bits per heavy atom. The van der Waals surface area contributed by atoms with E-state index in [1.807, 2.05) is 54.4 Å². The molecule has 3 aromatic rings. The van der Waals surface area contributed by atoms with Crippen LogP contribution in [0.4, 0.5) is 5.69 Å². The summed E-state index contributed by atoms with van der Waals surface area (Å²) in [6, 6.07) is 14.1. The zero-order valence-corrected chi connectivity index (χ0v) is 14.9. The maximum Gasteiger partial charge on any atom is 0.270 e. The maximum atomic E-state index is 13.0. The van der Waals surface area contributed by atoms with Crippen molar-refractivity contribution in [1.82, 2.24) is 9.97 Å². The molecule has 0 unspecified atom stereocenters. The zero-order valence-electron chi connectivity index (χ0n) is 14.1. The number of anilines is 1. The monoisotopic (exact) mass is 349 g/mol. The van der Waals surface area contributed by atoms with Gasteiger partial charge >= 0.3 is 0 Å². The summed E-state index contributed by atoms with van der Waals surface area (Å²) >= 11 is 1.52. The topological polar surface area (TPSA) is 46.1 Å². The Kier molecular flexibility index (Phi) is 4.32. The van der Waals surface area contributed by atoms with Crippen LogP contribution in [-0.4, -0.2) is 22.4 Å². The van der Waals surface area contributed by atoms with Gasteiger partial charge in [-0.25, -0.2) is 4.98 Å². The molecule has 5 heteroatoms. The van der Waals surface area contributed by atoms with E-state index in [9.17, 15) is 4.79 Å². The van der Waals surface area contributed by atoms with Gasteiger partial charge in [0.05, 0.1) is 10.7 Å². The van der Waals surface area contributed by atoms with Crippen LogP contribution in [0.2, 0.25) is 0 Å². The maximum absolute atomic E-state index is 13.0. The average Bonchev–Trinajstić information content (AvgIpc) is 3.24. The van der Waals surface area contributed by atoms with Crippen LogP contribution in [-0.2, 0) is 19.3 Å². The molecule has 1 amide bonds. The van der Waals surface area contributed by atoms with Crippen LogP contribution in [0, 0.1) is 6.92 Å². The van der Waals surface area contributed by atoms with Crippen molar-refractivity contribution in [3.05, 3.63) is 75.5 Å². The van der Waals surface area contributed by atoms with Gasteiger partial charge in [-0.1, -0.05) is 24.3 Å². The Balaban J connectivity index is 1.51. The number of aryl methyl sites for hydroxylation is 3. The van der Waals surface area contributed by atoms with Crippen molar-refractivity contribution < 1.29 is 4.79 Å². The molecule has 0 spiro atoms. The Morgan fingerprint density at radius 1 is 1.16 bits per heavy atom. The van der Waals surface area contributed by atoms with E-state index in [1.54, 1.807) is 0 Å². The van der Waals surface area contributed by atoms with Gasteiger partial charge in [-0.3, -0.25) is 9.78 Å². The van der Waals surface area contributed by atoms with E-state index in [0.717, 1.165) is 52.8 Å². The first-order valence-corrected chi connectivity index (χ1v) is 9.30. The summed E-state index contributed by atoms with van der Waals surface area (Å²) in [7, 11) is 0. The molecule has 0 radical (unpaired) electrons. The number of nitrogens with zero attached hydrogens (tertiary/aromatic N) is 3. The second kappa shape index (κ2) is 6.76. The highest BCUT2D eigenvalue weighted by molar-refractivity contribution is 7.14. The molecule has 0 atom stereocenters. The molecular formula is C20H19N3OS. The summed E-state index contributed by atoms with van der Waals surface area (Å²) in [6.45, 7) is 2.68. The number of thiazole rings is 1. The van der Waals surface area contributed by atoms with Gasteiger partial charge in [-0.05, 0) is 43.5 Å². The summed E-state index contributed by atoms with van der Waals surface area (Å²) in [5.74, 6) is 0.0732. The Labute approximate surface area is 151 Å². The van der Waals surface area contributed by atoms with Crippen LogP contribution >= 0.6 is 11.3 Å². The van der Waals surface area contributed by atoms with E-state index in [-0.39, 0.29) is 5.91 Å². The molecule has 1 aliphatic heterocycles. The van der Waals surface area contributed by atoms with Gasteiger partial charge in [0.25, 0.3) is 5.91 Å². The van der Waals surface area contributed by atoms with Gasteiger partial charge in [0.15, 0.2) is 0 Å². The number of amides is 1. The van der Waals surface area contributed by atoms with Crippen molar-refractivity contribution in [1.29, 1.82) is 0 Å². The minimum Gasteiger partial charge on any atom is -0.307 e. The first-order chi connectivity index (χ1) is 12.2. The van der Waals surface area contributed by atoms with Crippen LogP contribution < -0.4 is 4.90 Å². The van der Waals surface area contributed by atoms with E-state index in [0.29, 0.717) is 0 Å². The van der Waals surface area contributed by atoms with E-state index in [1.165, 1.54) is 16.9 Å². The average molecular weight is 349 g/mol. The van der Waals surface area contributed by atoms with Gasteiger partial charge < -0.3 is 4.90 Å². The van der Waals surface area contributed by atoms with Crippen molar-refractivity contribution in [2.75, 3.05) is 11.4 Å². The van der Waals surface area contributed by atoms with Crippen LogP contribution in [0.5, 0.6) is 0 Å². The molecule has 0 aliphatic carbocycles. The smallest absolute Gasteiger partial charge is 0.270 e. The van der Waals surface area contributed by atoms with Crippen molar-refractivity contribution >= 4 is 22.9 Å². The Bertz CT molecular complexity index is 904. The highest BCUT2D eigenvalue weighted by Crippen LogP contribution is 2.31. The highest BCUT2D eigenvalue weighted by Gasteiger charge is 2.27. The molecule has 0 fully saturated rings. The number of carbonyl (C=O) groups excluding carboxylic acids is 1. The van der Waals surface area contributed by atoms with Crippen LogP contribution in [0.15, 0.2) is 48.7 Å². The standard InChI is InChI=1S/C20H19N3OS/c1-14-19(20(24)23-13-11-15-6-2-3-8-17(15)23)25-18(22-14)10-9-16-7-4-5-12-21-16/h2-8,12H,9-11,13H2,1H3. The Morgan fingerprint density at radius 3 is 2.84 bits per heavy atom. The van der Waals surface area contributed by atoms with Crippen molar-refractivity contribution in [2.24, 2.45) is 0 Å². The number of carbonyl (C=O) groups is 1. The second-order valence-electron chi connectivity index (χ2n) is 6.18. The molecule has 0 saturated carbocycles. The number of aromatic nitrogens is 2. The molecule has 25 heavy (non-hydrogen) atoms. The first-order valence-electron chi connectivity index (χ1n) is 8.48. The predicted molar refractivity (Wildman–Crippen MR) is 100 cm³/mol. The second-order valence-corrected chi connectivity index (χ2v) is 7.26. The number of pyridine rings is 1. The number of para-hydroxylation sites is 1. The fourth-order valence-electron chi connectivity index (χ4n) is 3.21. The number of fused-ring (bicyclic) bond motifs is 1. The first kappa shape index (κ1) is 16.0. The predicted octanol–water partition coefficient (Wildman–Crippen LogP) is 3.83. The lowest BCUT2D eigenvalue weighted by atomic mass is 10.2. The number of hydrogen-bond acceptors (Lipinski definition) is 4. The summed E-state index contributed by atoms with van der Waals surface area (Å²) in [5, 5.41) is 0.999. The quantitative estimate of drug-likeness (QED) is 0.719. The molecule has 3 heterocycles. The molecular weight excluding hydrogens is 330 g/mol. The summed E-state index contributed by atoms with van der Waals surface area (Å²) in [4.78, 5) is 24.6. The molecule has 0 saturated heterocycles. The third-order valence-corrected chi connectivity index (χ3v) is 5.69. The Hall–Kier alpha value is -2.53. The van der Waals surface area contributed by atoms with Crippen molar-refractivity contribution in [3.8, 4) is 0 Å². The van der Waals surface area contributed by atoms with Gasteiger partial charge in [-0.15, -0.1) is 11.3 Å². The third kappa shape index (κ3) is 3.20. The lowest BCUT2D eigenvalue weighted by Crippen LogP contribution is -2.28. The van der Waals surface area contributed by atoms with Gasteiger partial charge in [0.2, 0.25) is 0 Å². The van der Waals surface area contributed by atoms with E-state index in [4.69, 9.17) is 0 Å². The molecule has 4 nitrogen and oxygen atoms in total. The van der Waals surface area contributed by atoms with Gasteiger partial charge in [0.1, 0.15) is 4.88 Å². The number of hydrogen-bond donors (Lipinski definition) is 0. The molecule has 1 aromatic carbocycles. The molecule has 2 aromatic heterocycles. The minimum atomic E-state index is 0.0732. The lowest BCUT2D eigenvalue weighted by Gasteiger charge is -2.16. The molecule has 1 aliphatic rings. The molecule has 126 valence electrons. The van der Waals surface area contributed by atoms with Crippen LogP contribution in [0.25, 0.3) is 0 Å². The normalized spacial score (nSPS) is 13.1. The molecule has 4 rings (SSSR count). The molecule has 0 bridgehead atoms. The zero-order chi connectivity index (χ0) is 17.2. The fraction of sp³-hybridized carbons (Fsp3) is 0.250. The van der Waals surface area contributed by atoms with Crippen LogP contribution in [0.3, 0.4) is 0 Å². The third-order valence-electron chi connectivity index (χ3n) is 4.49. The van der Waals surface area contributed by atoms with Gasteiger partial charge in [-0.2, -0.15) is 0 Å². The van der Waals surface area contributed by atoms with E-state index in [2.05, 4.69) is 16.0 Å². The number of benzene rings is 1. The fourth-order valence-corrected chi connectivity index (χ4v) is 4.22. The number of rotatable bonds is 4.